The number of aromatic nitrogens is 3. The third-order valence-corrected chi connectivity index (χ3v) is 3.69. The Hall–Kier alpha value is -1.96. The van der Waals surface area contributed by atoms with Crippen molar-refractivity contribution in [3.05, 3.63) is 16.4 Å². The summed E-state index contributed by atoms with van der Waals surface area (Å²) in [6, 6.07) is 0. The molecule has 0 aliphatic carbocycles. The van der Waals surface area contributed by atoms with Crippen molar-refractivity contribution in [2.24, 2.45) is 0 Å². The van der Waals surface area contributed by atoms with E-state index in [1.807, 2.05) is 0 Å². The summed E-state index contributed by atoms with van der Waals surface area (Å²) in [7, 11) is 1.46. The lowest BCUT2D eigenvalue weighted by atomic mass is 10.3. The molecule has 0 unspecified atom stereocenters. The SMILES string of the molecule is Cc1nnc2sc(C(=O)N(C)CC(=O)O)c(C)n12. The first-order valence-corrected chi connectivity index (χ1v) is 6.02. The quantitative estimate of drug-likeness (QED) is 0.879. The standard InChI is InChI=1S/C10H12N4O3S/c1-5-8(9(17)13(3)4-7(15)16)18-10-12-11-6(2)14(5)10/h4H2,1-3H3,(H,15,16). The lowest BCUT2D eigenvalue weighted by molar-refractivity contribution is -0.137. The molecule has 0 aliphatic heterocycles. The van der Waals surface area contributed by atoms with Crippen LogP contribution in [0.1, 0.15) is 21.2 Å². The first-order valence-electron chi connectivity index (χ1n) is 5.20. The Bertz CT molecular complexity index is 630. The van der Waals surface area contributed by atoms with Crippen molar-refractivity contribution in [2.75, 3.05) is 13.6 Å². The van der Waals surface area contributed by atoms with Gasteiger partial charge in [-0.15, -0.1) is 10.2 Å². The molecule has 0 saturated carbocycles. The molecule has 96 valence electrons. The van der Waals surface area contributed by atoms with E-state index in [-0.39, 0.29) is 12.5 Å². The zero-order chi connectivity index (χ0) is 13.4. The van der Waals surface area contributed by atoms with Crippen molar-refractivity contribution in [2.45, 2.75) is 13.8 Å². The van der Waals surface area contributed by atoms with E-state index in [0.717, 1.165) is 5.69 Å². The second kappa shape index (κ2) is 4.37. The highest BCUT2D eigenvalue weighted by atomic mass is 32.1. The van der Waals surface area contributed by atoms with Crippen LogP contribution in [0.5, 0.6) is 0 Å². The number of nitrogens with zero attached hydrogens (tertiary/aromatic N) is 4. The largest absolute Gasteiger partial charge is 0.480 e. The van der Waals surface area contributed by atoms with Gasteiger partial charge in [0.05, 0.1) is 0 Å². The van der Waals surface area contributed by atoms with Crippen LogP contribution in [0.2, 0.25) is 0 Å². The molecule has 2 heterocycles. The highest BCUT2D eigenvalue weighted by Gasteiger charge is 2.22. The number of carboxylic acids is 1. The molecule has 0 fully saturated rings. The van der Waals surface area contributed by atoms with Gasteiger partial charge < -0.3 is 10.0 Å². The van der Waals surface area contributed by atoms with E-state index >= 15 is 0 Å². The number of fused-ring (bicyclic) bond motifs is 1. The Morgan fingerprint density at radius 1 is 1.39 bits per heavy atom. The van der Waals surface area contributed by atoms with Crippen molar-refractivity contribution in [1.82, 2.24) is 19.5 Å². The van der Waals surface area contributed by atoms with Gasteiger partial charge in [0.15, 0.2) is 0 Å². The van der Waals surface area contributed by atoms with Gasteiger partial charge in [-0.3, -0.25) is 14.0 Å². The zero-order valence-corrected chi connectivity index (χ0v) is 11.0. The number of amides is 1. The summed E-state index contributed by atoms with van der Waals surface area (Å²) in [5.74, 6) is -0.647. The number of hydrogen-bond donors (Lipinski definition) is 1. The molecule has 0 aliphatic rings. The highest BCUT2D eigenvalue weighted by Crippen LogP contribution is 2.23. The summed E-state index contributed by atoms with van der Waals surface area (Å²) in [6.45, 7) is 3.27. The lowest BCUT2D eigenvalue weighted by Gasteiger charge is -2.13. The summed E-state index contributed by atoms with van der Waals surface area (Å²) in [4.78, 5) is 25.0. The van der Waals surface area contributed by atoms with Crippen LogP contribution in [-0.4, -0.2) is 50.1 Å². The van der Waals surface area contributed by atoms with Crippen molar-refractivity contribution in [3.8, 4) is 0 Å². The zero-order valence-electron chi connectivity index (χ0n) is 10.2. The molecule has 18 heavy (non-hydrogen) atoms. The lowest BCUT2D eigenvalue weighted by Crippen LogP contribution is -2.31. The minimum atomic E-state index is -1.04. The molecular weight excluding hydrogens is 256 g/mol. The summed E-state index contributed by atoms with van der Waals surface area (Å²) < 4.78 is 1.78. The van der Waals surface area contributed by atoms with Crippen molar-refractivity contribution < 1.29 is 14.7 Å². The third kappa shape index (κ3) is 1.94. The van der Waals surface area contributed by atoms with Crippen molar-refractivity contribution >= 4 is 28.2 Å². The first-order chi connectivity index (χ1) is 8.41. The molecule has 7 nitrogen and oxygen atoms in total. The smallest absolute Gasteiger partial charge is 0.323 e. The van der Waals surface area contributed by atoms with Gasteiger partial charge in [-0.1, -0.05) is 11.3 Å². The Morgan fingerprint density at radius 3 is 2.61 bits per heavy atom. The van der Waals surface area contributed by atoms with Gasteiger partial charge in [-0.2, -0.15) is 0 Å². The fourth-order valence-corrected chi connectivity index (χ4v) is 2.82. The number of carboxylic acid groups (broad SMARTS) is 1. The molecule has 0 aromatic carbocycles. The molecule has 2 rings (SSSR count). The molecule has 1 N–H and O–H groups in total. The molecular formula is C10H12N4O3S. The van der Waals surface area contributed by atoms with Crippen LogP contribution in [0.15, 0.2) is 0 Å². The van der Waals surface area contributed by atoms with Crippen LogP contribution < -0.4 is 0 Å². The maximum Gasteiger partial charge on any atom is 0.323 e. The molecule has 2 aromatic heterocycles. The summed E-state index contributed by atoms with van der Waals surface area (Å²) in [5.41, 5.74) is 0.736. The number of thiazole rings is 1. The fraction of sp³-hybridized carbons (Fsp3) is 0.400. The second-order valence-corrected chi connectivity index (χ2v) is 4.91. The predicted molar refractivity (Wildman–Crippen MR) is 64.9 cm³/mol. The maximum absolute atomic E-state index is 12.1. The van der Waals surface area contributed by atoms with E-state index in [1.54, 1.807) is 18.2 Å². The molecule has 0 radical (unpaired) electrons. The van der Waals surface area contributed by atoms with Crippen LogP contribution in [-0.2, 0) is 4.79 Å². The Morgan fingerprint density at radius 2 is 2.06 bits per heavy atom. The number of hydrogen-bond acceptors (Lipinski definition) is 5. The number of likely N-dealkylation sites (N-methyl/N-ethyl adjacent to an activating group) is 1. The van der Waals surface area contributed by atoms with Crippen molar-refractivity contribution in [3.63, 3.8) is 0 Å². The van der Waals surface area contributed by atoms with Gasteiger partial charge >= 0.3 is 5.97 Å². The Balaban J connectivity index is 2.39. The van der Waals surface area contributed by atoms with Gasteiger partial charge in [0.2, 0.25) is 4.96 Å². The van der Waals surface area contributed by atoms with Gasteiger partial charge in [-0.05, 0) is 13.8 Å². The van der Waals surface area contributed by atoms with Crippen LogP contribution in [0, 0.1) is 13.8 Å². The third-order valence-electron chi connectivity index (χ3n) is 2.57. The van der Waals surface area contributed by atoms with Crippen LogP contribution >= 0.6 is 11.3 Å². The van der Waals surface area contributed by atoms with Crippen LogP contribution in [0.25, 0.3) is 4.96 Å². The van der Waals surface area contributed by atoms with Crippen LogP contribution in [0.3, 0.4) is 0 Å². The van der Waals surface area contributed by atoms with Gasteiger partial charge in [0.25, 0.3) is 5.91 Å². The normalized spacial score (nSPS) is 10.8. The van der Waals surface area contributed by atoms with E-state index in [9.17, 15) is 9.59 Å². The van der Waals surface area contributed by atoms with E-state index in [4.69, 9.17) is 5.11 Å². The number of carbonyl (C=O) groups excluding carboxylic acids is 1. The van der Waals surface area contributed by atoms with E-state index in [1.165, 1.54) is 23.3 Å². The number of rotatable bonds is 3. The predicted octanol–water partition coefficient (Wildman–Crippen LogP) is 0.564. The summed E-state index contributed by atoms with van der Waals surface area (Å²) in [5, 5.41) is 16.5. The van der Waals surface area contributed by atoms with Gasteiger partial charge in [0.1, 0.15) is 17.2 Å². The molecule has 1 amide bonds. The average molecular weight is 268 g/mol. The molecule has 0 bridgehead atoms. The number of aryl methyl sites for hydroxylation is 2. The van der Waals surface area contributed by atoms with Crippen molar-refractivity contribution in [1.29, 1.82) is 0 Å². The van der Waals surface area contributed by atoms with Gasteiger partial charge in [0, 0.05) is 12.7 Å². The highest BCUT2D eigenvalue weighted by molar-refractivity contribution is 7.19. The second-order valence-electron chi connectivity index (χ2n) is 3.94. The first kappa shape index (κ1) is 12.5. The monoisotopic (exact) mass is 268 g/mol. The number of aliphatic carboxylic acids is 1. The van der Waals surface area contributed by atoms with E-state index in [0.29, 0.717) is 15.7 Å². The fourth-order valence-electron chi connectivity index (χ4n) is 1.71. The Labute approximate surface area is 107 Å². The molecule has 2 aromatic rings. The van der Waals surface area contributed by atoms with Crippen LogP contribution in [0.4, 0.5) is 0 Å². The van der Waals surface area contributed by atoms with E-state index in [2.05, 4.69) is 10.2 Å². The van der Waals surface area contributed by atoms with Gasteiger partial charge in [-0.25, -0.2) is 0 Å². The minimum absolute atomic E-state index is 0.315. The minimum Gasteiger partial charge on any atom is -0.480 e. The molecule has 0 spiro atoms. The average Bonchev–Trinajstić information content (AvgIpc) is 2.79. The van der Waals surface area contributed by atoms with E-state index < -0.39 is 5.97 Å². The molecule has 0 atom stereocenters. The molecule has 8 heteroatoms. The topological polar surface area (TPSA) is 87.8 Å². The maximum atomic E-state index is 12.1. The summed E-state index contributed by atoms with van der Waals surface area (Å²) in [6.07, 6.45) is 0. The molecule has 0 saturated heterocycles. The Kier molecular flexibility index (Phi) is 3.04. The summed E-state index contributed by atoms with van der Waals surface area (Å²) >= 11 is 1.21. The number of carbonyl (C=O) groups is 2.